The van der Waals surface area contributed by atoms with Crippen LogP contribution in [0.4, 0.5) is 5.82 Å². The van der Waals surface area contributed by atoms with Crippen LogP contribution >= 0.6 is 11.3 Å². The van der Waals surface area contributed by atoms with Gasteiger partial charge >= 0.3 is 0 Å². The third-order valence-corrected chi connectivity index (χ3v) is 3.33. The lowest BCUT2D eigenvalue weighted by Crippen LogP contribution is -1.91. The Bertz CT molecular complexity index is 649. The highest BCUT2D eigenvalue weighted by Crippen LogP contribution is 2.25. The highest BCUT2D eigenvalue weighted by Gasteiger charge is 2.03. The van der Waals surface area contributed by atoms with Crippen molar-refractivity contribution in [1.82, 2.24) is 15.2 Å². The second-order valence-corrected chi connectivity index (χ2v) is 4.46. The van der Waals surface area contributed by atoms with Crippen molar-refractivity contribution in [1.29, 1.82) is 0 Å². The van der Waals surface area contributed by atoms with Crippen LogP contribution in [0.15, 0.2) is 36.0 Å². The minimum atomic E-state index is 0.868. The van der Waals surface area contributed by atoms with Crippen LogP contribution in [0.25, 0.3) is 21.3 Å². The van der Waals surface area contributed by atoms with Gasteiger partial charge in [0, 0.05) is 24.2 Å². The molecular formula is C12H10N4S. The first-order chi connectivity index (χ1) is 8.36. The van der Waals surface area contributed by atoms with E-state index >= 15 is 0 Å². The number of benzene rings is 1. The normalized spacial score (nSPS) is 10.6. The van der Waals surface area contributed by atoms with Crippen LogP contribution in [0.2, 0.25) is 0 Å². The molecule has 17 heavy (non-hydrogen) atoms. The van der Waals surface area contributed by atoms with Crippen LogP contribution in [0.3, 0.4) is 0 Å². The molecule has 2 aromatic heterocycles. The average Bonchev–Trinajstić information content (AvgIpc) is 2.91. The van der Waals surface area contributed by atoms with E-state index in [4.69, 9.17) is 0 Å². The minimum absolute atomic E-state index is 0.868. The molecule has 0 spiro atoms. The first-order valence-electron chi connectivity index (χ1n) is 5.21. The summed E-state index contributed by atoms with van der Waals surface area (Å²) < 4.78 is 0. The van der Waals surface area contributed by atoms with Crippen molar-refractivity contribution >= 4 is 27.9 Å². The first-order valence-corrected chi connectivity index (χ1v) is 6.09. The standard InChI is InChI=1S/C12H10N4S/c1-13-11-5-10-4-8(12-16-15-7-17-12)2-3-9(10)6-14-11/h2-7H,1H3,(H,13,14). The van der Waals surface area contributed by atoms with Crippen LogP contribution in [-0.4, -0.2) is 22.2 Å². The Kier molecular flexibility index (Phi) is 2.45. The molecule has 5 heteroatoms. The zero-order chi connectivity index (χ0) is 11.7. The molecule has 0 atom stereocenters. The Morgan fingerprint density at radius 2 is 2.12 bits per heavy atom. The predicted octanol–water partition coefficient (Wildman–Crippen LogP) is 2.80. The van der Waals surface area contributed by atoms with E-state index in [1.54, 1.807) is 16.8 Å². The second-order valence-electron chi connectivity index (χ2n) is 3.63. The molecule has 0 saturated carbocycles. The predicted molar refractivity (Wildman–Crippen MR) is 70.2 cm³/mol. The van der Waals surface area contributed by atoms with E-state index < -0.39 is 0 Å². The van der Waals surface area contributed by atoms with Gasteiger partial charge in [-0.1, -0.05) is 23.5 Å². The lowest BCUT2D eigenvalue weighted by molar-refractivity contribution is 1.10. The van der Waals surface area contributed by atoms with E-state index in [1.165, 1.54) is 0 Å². The molecule has 1 aromatic carbocycles. The maximum Gasteiger partial charge on any atom is 0.147 e. The molecule has 4 nitrogen and oxygen atoms in total. The summed E-state index contributed by atoms with van der Waals surface area (Å²) in [5.74, 6) is 0.868. The van der Waals surface area contributed by atoms with Crippen molar-refractivity contribution in [3.63, 3.8) is 0 Å². The summed E-state index contributed by atoms with van der Waals surface area (Å²) in [7, 11) is 1.86. The monoisotopic (exact) mass is 242 g/mol. The lowest BCUT2D eigenvalue weighted by atomic mass is 10.1. The fourth-order valence-electron chi connectivity index (χ4n) is 1.71. The van der Waals surface area contributed by atoms with E-state index in [0.29, 0.717) is 0 Å². The van der Waals surface area contributed by atoms with Crippen LogP contribution in [0.1, 0.15) is 0 Å². The summed E-state index contributed by atoms with van der Waals surface area (Å²) in [5.41, 5.74) is 2.83. The Morgan fingerprint density at radius 1 is 1.18 bits per heavy atom. The summed E-state index contributed by atoms with van der Waals surface area (Å²) in [6.07, 6.45) is 1.87. The van der Waals surface area contributed by atoms with Crippen molar-refractivity contribution in [3.05, 3.63) is 36.0 Å². The molecule has 3 aromatic rings. The average molecular weight is 242 g/mol. The third-order valence-electron chi connectivity index (χ3n) is 2.58. The molecule has 0 bridgehead atoms. The van der Waals surface area contributed by atoms with Gasteiger partial charge in [0.15, 0.2) is 0 Å². The topological polar surface area (TPSA) is 50.7 Å². The van der Waals surface area contributed by atoms with Crippen molar-refractivity contribution in [2.45, 2.75) is 0 Å². The van der Waals surface area contributed by atoms with Gasteiger partial charge in [-0.05, 0) is 17.5 Å². The molecule has 1 N–H and O–H groups in total. The van der Waals surface area contributed by atoms with E-state index in [9.17, 15) is 0 Å². The molecule has 3 rings (SSSR count). The zero-order valence-corrected chi connectivity index (χ0v) is 10.0. The Labute approximate surface area is 102 Å². The molecule has 0 saturated heterocycles. The van der Waals surface area contributed by atoms with Crippen molar-refractivity contribution in [2.75, 3.05) is 12.4 Å². The number of anilines is 1. The maximum absolute atomic E-state index is 4.28. The summed E-state index contributed by atoms with van der Waals surface area (Å²) in [4.78, 5) is 4.28. The SMILES string of the molecule is CNc1cc2cc(-c3nncs3)ccc2cn1. The fraction of sp³-hybridized carbons (Fsp3) is 0.0833. The maximum atomic E-state index is 4.28. The Balaban J connectivity index is 2.17. The first kappa shape index (κ1) is 10.2. The van der Waals surface area contributed by atoms with Crippen molar-refractivity contribution in [3.8, 4) is 10.6 Å². The largest absolute Gasteiger partial charge is 0.373 e. The van der Waals surface area contributed by atoms with E-state index in [2.05, 4.69) is 32.6 Å². The number of nitrogens with one attached hydrogen (secondary N) is 1. The minimum Gasteiger partial charge on any atom is -0.373 e. The number of hydrogen-bond acceptors (Lipinski definition) is 5. The smallest absolute Gasteiger partial charge is 0.147 e. The van der Waals surface area contributed by atoms with Gasteiger partial charge in [-0.15, -0.1) is 10.2 Å². The van der Waals surface area contributed by atoms with Gasteiger partial charge in [-0.25, -0.2) is 4.98 Å². The summed E-state index contributed by atoms with van der Waals surface area (Å²) >= 11 is 1.54. The van der Waals surface area contributed by atoms with Gasteiger partial charge in [0.25, 0.3) is 0 Å². The van der Waals surface area contributed by atoms with Gasteiger partial charge in [0.2, 0.25) is 0 Å². The number of nitrogens with zero attached hydrogens (tertiary/aromatic N) is 3. The van der Waals surface area contributed by atoms with E-state index in [-0.39, 0.29) is 0 Å². The number of rotatable bonds is 2. The molecule has 84 valence electrons. The molecule has 0 aliphatic heterocycles. The van der Waals surface area contributed by atoms with Gasteiger partial charge in [0.1, 0.15) is 16.3 Å². The number of fused-ring (bicyclic) bond motifs is 1. The fourth-order valence-corrected chi connectivity index (χ4v) is 2.26. The van der Waals surface area contributed by atoms with Crippen molar-refractivity contribution in [2.24, 2.45) is 0 Å². The lowest BCUT2D eigenvalue weighted by Gasteiger charge is -2.03. The summed E-state index contributed by atoms with van der Waals surface area (Å²) in [5, 5.41) is 14.2. The molecule has 0 aliphatic carbocycles. The highest BCUT2D eigenvalue weighted by atomic mass is 32.1. The van der Waals surface area contributed by atoms with Gasteiger partial charge in [0.05, 0.1) is 0 Å². The van der Waals surface area contributed by atoms with Crippen LogP contribution in [0.5, 0.6) is 0 Å². The Hall–Kier alpha value is -2.01. The van der Waals surface area contributed by atoms with Gasteiger partial charge in [-0.2, -0.15) is 0 Å². The van der Waals surface area contributed by atoms with Crippen molar-refractivity contribution < 1.29 is 0 Å². The summed E-state index contributed by atoms with van der Waals surface area (Å²) in [6.45, 7) is 0. The number of aromatic nitrogens is 3. The number of pyridine rings is 1. The zero-order valence-electron chi connectivity index (χ0n) is 9.21. The molecule has 0 amide bonds. The number of hydrogen-bond donors (Lipinski definition) is 1. The van der Waals surface area contributed by atoms with Crippen LogP contribution in [0, 0.1) is 0 Å². The molecular weight excluding hydrogens is 232 g/mol. The quantitative estimate of drug-likeness (QED) is 0.750. The van der Waals surface area contributed by atoms with Gasteiger partial charge in [-0.3, -0.25) is 0 Å². The molecule has 0 radical (unpaired) electrons. The molecule has 0 aliphatic rings. The van der Waals surface area contributed by atoms with Crippen LogP contribution < -0.4 is 5.32 Å². The molecule has 2 heterocycles. The second kappa shape index (κ2) is 4.10. The Morgan fingerprint density at radius 3 is 2.88 bits per heavy atom. The third kappa shape index (κ3) is 1.85. The molecule has 0 fully saturated rings. The van der Waals surface area contributed by atoms with E-state index in [1.807, 2.05) is 25.4 Å². The van der Waals surface area contributed by atoms with Crippen LogP contribution in [-0.2, 0) is 0 Å². The van der Waals surface area contributed by atoms with Gasteiger partial charge < -0.3 is 5.32 Å². The summed E-state index contributed by atoms with van der Waals surface area (Å²) in [6, 6.07) is 8.24. The molecule has 0 unspecified atom stereocenters. The highest BCUT2D eigenvalue weighted by molar-refractivity contribution is 7.12. The van der Waals surface area contributed by atoms with E-state index in [0.717, 1.165) is 27.2 Å².